The molecule has 0 spiro atoms. The first kappa shape index (κ1) is 9.33. The maximum Gasteiger partial charge on any atom is 0.207 e. The van der Waals surface area contributed by atoms with Crippen molar-refractivity contribution < 1.29 is 5.11 Å². The number of halogens is 1. The number of aromatic nitrogens is 2. The van der Waals surface area contributed by atoms with Crippen molar-refractivity contribution in [1.29, 1.82) is 0 Å². The van der Waals surface area contributed by atoms with Crippen LogP contribution in [0.25, 0.3) is 0 Å². The van der Waals surface area contributed by atoms with E-state index in [4.69, 9.17) is 11.6 Å². The zero-order valence-corrected chi connectivity index (χ0v) is 8.55. The van der Waals surface area contributed by atoms with Crippen LogP contribution in [0, 0.1) is 0 Å². The van der Waals surface area contributed by atoms with Crippen LogP contribution >= 0.6 is 22.9 Å². The number of rotatable bonds is 2. The molecule has 2 heterocycles. The molecular weight excluding hydrogens is 210 g/mol. The smallest absolute Gasteiger partial charge is 0.207 e. The Morgan fingerprint density at radius 2 is 2.46 bits per heavy atom. The monoisotopic (exact) mass is 219 g/mol. The Balaban J connectivity index is 1.91. The van der Waals surface area contributed by atoms with Crippen LogP contribution in [0.2, 0.25) is 4.47 Å². The summed E-state index contributed by atoms with van der Waals surface area (Å²) in [5.74, 6) is 0. The Morgan fingerprint density at radius 1 is 1.62 bits per heavy atom. The standard InChI is InChI=1S/C7H10ClN3OS/c8-7-10-9-6(13-7)4-11-2-1-5(12)3-11/h5,12H,1-4H2/t5-/m0/s1. The van der Waals surface area contributed by atoms with Crippen LogP contribution in [0.3, 0.4) is 0 Å². The molecule has 0 unspecified atom stereocenters. The van der Waals surface area contributed by atoms with E-state index in [-0.39, 0.29) is 6.10 Å². The van der Waals surface area contributed by atoms with E-state index in [0.717, 1.165) is 31.1 Å². The third-order valence-corrected chi connectivity index (χ3v) is 3.05. The summed E-state index contributed by atoms with van der Waals surface area (Å²) in [5.41, 5.74) is 0. The van der Waals surface area contributed by atoms with Crippen LogP contribution in [0.4, 0.5) is 0 Å². The van der Waals surface area contributed by atoms with Gasteiger partial charge in [0.2, 0.25) is 4.47 Å². The molecule has 0 bridgehead atoms. The number of hydrogen-bond acceptors (Lipinski definition) is 5. The van der Waals surface area contributed by atoms with E-state index < -0.39 is 0 Å². The van der Waals surface area contributed by atoms with Gasteiger partial charge in [0.05, 0.1) is 12.6 Å². The molecule has 0 saturated carbocycles. The minimum atomic E-state index is -0.177. The molecule has 1 saturated heterocycles. The van der Waals surface area contributed by atoms with Crippen molar-refractivity contribution in [1.82, 2.24) is 15.1 Å². The Hall–Kier alpha value is -0.230. The summed E-state index contributed by atoms with van der Waals surface area (Å²) in [6.45, 7) is 2.41. The van der Waals surface area contributed by atoms with Gasteiger partial charge in [-0.2, -0.15) is 0 Å². The summed E-state index contributed by atoms with van der Waals surface area (Å²) >= 11 is 7.05. The van der Waals surface area contributed by atoms with E-state index in [0.29, 0.717) is 4.47 Å². The SMILES string of the molecule is O[C@H]1CCN(Cc2nnc(Cl)s2)C1. The van der Waals surface area contributed by atoms with Gasteiger partial charge >= 0.3 is 0 Å². The molecule has 1 fully saturated rings. The van der Waals surface area contributed by atoms with Crippen LogP contribution in [-0.4, -0.2) is 39.4 Å². The maximum atomic E-state index is 9.28. The number of hydrogen-bond donors (Lipinski definition) is 1. The molecule has 1 aromatic heterocycles. The molecule has 0 aromatic carbocycles. The van der Waals surface area contributed by atoms with Gasteiger partial charge in [-0.15, -0.1) is 10.2 Å². The van der Waals surface area contributed by atoms with Gasteiger partial charge in [-0.05, 0) is 18.0 Å². The zero-order valence-electron chi connectivity index (χ0n) is 6.98. The topological polar surface area (TPSA) is 49.2 Å². The second-order valence-corrected chi connectivity index (χ2v) is 4.77. The predicted molar refractivity (Wildman–Crippen MR) is 50.8 cm³/mol. The zero-order chi connectivity index (χ0) is 9.26. The van der Waals surface area contributed by atoms with Gasteiger partial charge < -0.3 is 5.11 Å². The third kappa shape index (κ3) is 2.37. The lowest BCUT2D eigenvalue weighted by Gasteiger charge is -2.11. The second-order valence-electron chi connectivity index (χ2n) is 3.13. The van der Waals surface area contributed by atoms with E-state index in [1.807, 2.05) is 0 Å². The van der Waals surface area contributed by atoms with Crippen LogP contribution < -0.4 is 0 Å². The van der Waals surface area contributed by atoms with Gasteiger partial charge in [-0.3, -0.25) is 4.90 Å². The fourth-order valence-electron chi connectivity index (χ4n) is 1.44. The third-order valence-electron chi connectivity index (χ3n) is 2.05. The maximum absolute atomic E-state index is 9.28. The molecule has 1 N–H and O–H groups in total. The second kappa shape index (κ2) is 3.88. The molecular formula is C7H10ClN3OS. The van der Waals surface area contributed by atoms with Crippen molar-refractivity contribution in [3.8, 4) is 0 Å². The van der Waals surface area contributed by atoms with E-state index in [2.05, 4.69) is 15.1 Å². The summed E-state index contributed by atoms with van der Waals surface area (Å²) in [5, 5.41) is 17.8. The fraction of sp³-hybridized carbons (Fsp3) is 0.714. The van der Waals surface area contributed by atoms with Crippen molar-refractivity contribution >= 4 is 22.9 Å². The average molecular weight is 220 g/mol. The highest BCUT2D eigenvalue weighted by molar-refractivity contribution is 7.15. The van der Waals surface area contributed by atoms with Crippen molar-refractivity contribution in [3.05, 3.63) is 9.47 Å². The van der Waals surface area contributed by atoms with E-state index in [1.165, 1.54) is 11.3 Å². The lowest BCUT2D eigenvalue weighted by atomic mass is 10.3. The van der Waals surface area contributed by atoms with Crippen LogP contribution in [-0.2, 0) is 6.54 Å². The highest BCUT2D eigenvalue weighted by Crippen LogP contribution is 2.18. The summed E-state index contributed by atoms with van der Waals surface area (Å²) < 4.78 is 0.481. The molecule has 0 radical (unpaired) electrons. The molecule has 6 heteroatoms. The van der Waals surface area contributed by atoms with E-state index in [1.54, 1.807) is 0 Å². The molecule has 72 valence electrons. The molecule has 0 aliphatic carbocycles. The number of nitrogens with zero attached hydrogens (tertiary/aromatic N) is 3. The summed E-state index contributed by atoms with van der Waals surface area (Å²) in [6, 6.07) is 0. The number of likely N-dealkylation sites (tertiary alicyclic amines) is 1. The number of aliphatic hydroxyl groups is 1. The quantitative estimate of drug-likeness (QED) is 0.798. The summed E-state index contributed by atoms with van der Waals surface area (Å²) in [7, 11) is 0. The first-order chi connectivity index (χ1) is 6.24. The molecule has 1 aliphatic rings. The molecule has 4 nitrogen and oxygen atoms in total. The van der Waals surface area contributed by atoms with E-state index in [9.17, 15) is 5.11 Å². The summed E-state index contributed by atoms with van der Waals surface area (Å²) in [4.78, 5) is 2.15. The first-order valence-electron chi connectivity index (χ1n) is 4.12. The first-order valence-corrected chi connectivity index (χ1v) is 5.32. The Bertz CT molecular complexity index is 293. The minimum absolute atomic E-state index is 0.177. The molecule has 2 rings (SSSR count). The van der Waals surface area contributed by atoms with Crippen molar-refractivity contribution in [3.63, 3.8) is 0 Å². The van der Waals surface area contributed by atoms with E-state index >= 15 is 0 Å². The Morgan fingerprint density at radius 3 is 3.00 bits per heavy atom. The lowest BCUT2D eigenvalue weighted by Crippen LogP contribution is -2.21. The van der Waals surface area contributed by atoms with Gasteiger partial charge in [0.1, 0.15) is 5.01 Å². The van der Waals surface area contributed by atoms with Crippen LogP contribution in [0.15, 0.2) is 0 Å². The van der Waals surface area contributed by atoms with Crippen LogP contribution in [0.5, 0.6) is 0 Å². The average Bonchev–Trinajstić information content (AvgIpc) is 2.62. The van der Waals surface area contributed by atoms with Gasteiger partial charge in [0.25, 0.3) is 0 Å². The van der Waals surface area contributed by atoms with Gasteiger partial charge in [0, 0.05) is 13.1 Å². The molecule has 1 atom stereocenters. The lowest BCUT2D eigenvalue weighted by molar-refractivity contribution is 0.174. The van der Waals surface area contributed by atoms with Crippen molar-refractivity contribution in [2.45, 2.75) is 19.1 Å². The highest BCUT2D eigenvalue weighted by atomic mass is 35.5. The highest BCUT2D eigenvalue weighted by Gasteiger charge is 2.21. The molecule has 0 amide bonds. The largest absolute Gasteiger partial charge is 0.392 e. The van der Waals surface area contributed by atoms with Gasteiger partial charge in [-0.25, -0.2) is 0 Å². The van der Waals surface area contributed by atoms with Crippen molar-refractivity contribution in [2.75, 3.05) is 13.1 Å². The predicted octanol–water partition coefficient (Wildman–Crippen LogP) is 0.758. The molecule has 1 aromatic rings. The minimum Gasteiger partial charge on any atom is -0.392 e. The number of aliphatic hydroxyl groups excluding tert-OH is 1. The van der Waals surface area contributed by atoms with Crippen molar-refractivity contribution in [2.24, 2.45) is 0 Å². The Labute approximate surface area is 85.2 Å². The molecule has 1 aliphatic heterocycles. The Kier molecular flexibility index (Phi) is 2.78. The number of β-amino-alcohol motifs (C(OH)–C–C–N with tert-alkyl or cyclic N) is 1. The van der Waals surface area contributed by atoms with Gasteiger partial charge in [-0.1, -0.05) is 11.3 Å². The fourth-order valence-corrected chi connectivity index (χ4v) is 2.35. The van der Waals surface area contributed by atoms with Gasteiger partial charge in [0.15, 0.2) is 0 Å². The van der Waals surface area contributed by atoms with Crippen LogP contribution in [0.1, 0.15) is 11.4 Å². The normalized spacial score (nSPS) is 24.0. The summed E-state index contributed by atoms with van der Waals surface area (Å²) in [6.07, 6.45) is 0.676. The molecule has 13 heavy (non-hydrogen) atoms.